The van der Waals surface area contributed by atoms with Gasteiger partial charge in [0.1, 0.15) is 18.7 Å². The van der Waals surface area contributed by atoms with Crippen LogP contribution in [-0.2, 0) is 7.05 Å². The third-order valence-electron chi connectivity index (χ3n) is 5.51. The van der Waals surface area contributed by atoms with Crippen molar-refractivity contribution in [1.82, 2.24) is 0 Å². The highest BCUT2D eigenvalue weighted by Gasteiger charge is 2.23. The lowest BCUT2D eigenvalue weighted by Crippen LogP contribution is -2.30. The molecule has 0 fully saturated rings. The number of rotatable bonds is 2. The summed E-state index contributed by atoms with van der Waals surface area (Å²) in [6.45, 7) is 2.10. The maximum absolute atomic E-state index is 9.69. The van der Waals surface area contributed by atoms with Gasteiger partial charge >= 0.3 is 0 Å². The molecule has 0 N–H and O–H groups in total. The van der Waals surface area contributed by atoms with E-state index in [1.54, 1.807) is 0 Å². The molecule has 0 bridgehead atoms. The molecule has 0 saturated heterocycles. The number of hydrogen-bond acceptors (Lipinski definition) is 2. The molecule has 5 rings (SSSR count). The van der Waals surface area contributed by atoms with Crippen LogP contribution in [-0.4, -0.2) is 0 Å². The number of pyridine rings is 1. The van der Waals surface area contributed by atoms with Crippen molar-refractivity contribution in [3.8, 4) is 28.5 Å². The van der Waals surface area contributed by atoms with Gasteiger partial charge in [-0.1, -0.05) is 48.5 Å². The molecular formula is C26H19N2O+. The Kier molecular flexibility index (Phi) is 3.93. The fourth-order valence-corrected chi connectivity index (χ4v) is 4.09. The van der Waals surface area contributed by atoms with E-state index in [1.165, 1.54) is 0 Å². The average Bonchev–Trinajstić information content (AvgIpc) is 3.14. The number of fused-ring (bicyclic) bond motifs is 3. The molecule has 2 heterocycles. The highest BCUT2D eigenvalue weighted by molar-refractivity contribution is 6.16. The van der Waals surface area contributed by atoms with Gasteiger partial charge in [-0.3, -0.25) is 0 Å². The van der Waals surface area contributed by atoms with E-state index in [0.717, 1.165) is 44.3 Å². The largest absolute Gasteiger partial charge is 0.454 e. The van der Waals surface area contributed by atoms with Crippen LogP contribution in [0.4, 0.5) is 0 Å². The molecule has 3 heteroatoms. The number of aryl methyl sites for hydroxylation is 2. The van der Waals surface area contributed by atoms with Crippen LogP contribution in [0.25, 0.3) is 44.3 Å². The van der Waals surface area contributed by atoms with Crippen LogP contribution >= 0.6 is 0 Å². The van der Waals surface area contributed by atoms with Gasteiger partial charge in [0.15, 0.2) is 11.8 Å². The van der Waals surface area contributed by atoms with Crippen LogP contribution in [0.5, 0.6) is 0 Å². The Morgan fingerprint density at radius 1 is 0.862 bits per heavy atom. The van der Waals surface area contributed by atoms with Gasteiger partial charge in [0.2, 0.25) is 5.69 Å². The van der Waals surface area contributed by atoms with Gasteiger partial charge in [0, 0.05) is 22.9 Å². The molecule has 138 valence electrons. The molecule has 0 atom stereocenters. The van der Waals surface area contributed by atoms with Crippen LogP contribution in [0.1, 0.15) is 11.1 Å². The first-order valence-corrected chi connectivity index (χ1v) is 9.58. The first kappa shape index (κ1) is 17.2. The number of aromatic nitrogens is 1. The third-order valence-corrected chi connectivity index (χ3v) is 5.51. The van der Waals surface area contributed by atoms with Gasteiger partial charge in [0.25, 0.3) is 0 Å². The second-order valence-corrected chi connectivity index (χ2v) is 7.28. The first-order valence-electron chi connectivity index (χ1n) is 9.58. The van der Waals surface area contributed by atoms with Crippen LogP contribution in [0, 0.1) is 18.3 Å². The second kappa shape index (κ2) is 6.61. The first-order chi connectivity index (χ1) is 14.2. The molecule has 0 amide bonds. The zero-order chi connectivity index (χ0) is 20.0. The SMILES string of the molecule is Cc1ccc2c(oc3c(C#N)ccc(-c4ccccc4)c32)c1-c1cccc[n+]1C. The summed E-state index contributed by atoms with van der Waals surface area (Å²) in [7, 11) is 2.03. The van der Waals surface area contributed by atoms with E-state index in [-0.39, 0.29) is 0 Å². The molecule has 5 aromatic rings. The van der Waals surface area contributed by atoms with E-state index >= 15 is 0 Å². The van der Waals surface area contributed by atoms with Gasteiger partial charge < -0.3 is 4.42 Å². The lowest BCUT2D eigenvalue weighted by atomic mass is 9.95. The molecule has 0 unspecified atom stereocenters. The zero-order valence-corrected chi connectivity index (χ0v) is 16.3. The van der Waals surface area contributed by atoms with E-state index in [9.17, 15) is 5.26 Å². The Morgan fingerprint density at radius 2 is 1.66 bits per heavy atom. The lowest BCUT2D eigenvalue weighted by molar-refractivity contribution is -0.660. The summed E-state index contributed by atoms with van der Waals surface area (Å²) < 4.78 is 8.52. The predicted octanol–water partition coefficient (Wildman–Crippen LogP) is 5.92. The van der Waals surface area contributed by atoms with Gasteiger partial charge in [-0.25, -0.2) is 4.57 Å². The molecule has 2 aromatic heterocycles. The minimum absolute atomic E-state index is 0.553. The van der Waals surface area contributed by atoms with Crippen LogP contribution in [0.3, 0.4) is 0 Å². The standard InChI is InChI=1S/C26H19N2O/c1-17-11-13-21-24-20(18-8-4-3-5-9-18)14-12-19(16-27)25(24)29-26(21)23(17)22-10-6-7-15-28(22)2/h3-15H,1-2H3/q+1. The number of benzene rings is 3. The molecule has 0 spiro atoms. The summed E-state index contributed by atoms with van der Waals surface area (Å²) in [5.41, 5.74) is 7.48. The monoisotopic (exact) mass is 375 g/mol. The molecule has 3 nitrogen and oxygen atoms in total. The average molecular weight is 375 g/mol. The molecule has 29 heavy (non-hydrogen) atoms. The third kappa shape index (κ3) is 2.61. The number of furan rings is 1. The van der Waals surface area contributed by atoms with Gasteiger partial charge in [-0.05, 0) is 35.7 Å². The minimum atomic E-state index is 0.553. The molecule has 0 radical (unpaired) electrons. The Hall–Kier alpha value is -3.90. The summed E-state index contributed by atoms with van der Waals surface area (Å²) in [6.07, 6.45) is 2.03. The Bertz CT molecular complexity index is 1420. The quantitative estimate of drug-likeness (QED) is 0.359. The Labute approximate surface area is 169 Å². The van der Waals surface area contributed by atoms with E-state index in [4.69, 9.17) is 4.42 Å². The fraction of sp³-hybridized carbons (Fsp3) is 0.0769. The van der Waals surface area contributed by atoms with Crippen molar-refractivity contribution >= 4 is 21.9 Å². The van der Waals surface area contributed by atoms with Crippen LogP contribution < -0.4 is 4.57 Å². The number of nitriles is 1. The van der Waals surface area contributed by atoms with Crippen molar-refractivity contribution in [2.24, 2.45) is 7.05 Å². The maximum Gasteiger partial charge on any atom is 0.216 e. The van der Waals surface area contributed by atoms with Crippen molar-refractivity contribution in [2.75, 3.05) is 0 Å². The Morgan fingerprint density at radius 3 is 2.41 bits per heavy atom. The van der Waals surface area contributed by atoms with Crippen LogP contribution in [0.2, 0.25) is 0 Å². The molecular weight excluding hydrogens is 356 g/mol. The maximum atomic E-state index is 9.69. The second-order valence-electron chi connectivity index (χ2n) is 7.28. The van der Waals surface area contributed by atoms with E-state index in [1.807, 2.05) is 55.7 Å². The zero-order valence-electron chi connectivity index (χ0n) is 16.3. The van der Waals surface area contributed by atoms with E-state index in [0.29, 0.717) is 11.1 Å². The molecule has 0 aliphatic rings. The molecule has 3 aromatic carbocycles. The molecule has 0 saturated carbocycles. The summed E-state index contributed by atoms with van der Waals surface area (Å²) in [5.74, 6) is 0. The van der Waals surface area contributed by atoms with Crippen LogP contribution in [0.15, 0.2) is 83.4 Å². The predicted molar refractivity (Wildman–Crippen MR) is 115 cm³/mol. The molecule has 0 aliphatic heterocycles. The van der Waals surface area contributed by atoms with Crippen molar-refractivity contribution < 1.29 is 8.98 Å². The fourth-order valence-electron chi connectivity index (χ4n) is 4.09. The normalized spacial score (nSPS) is 11.1. The van der Waals surface area contributed by atoms with Crippen molar-refractivity contribution in [2.45, 2.75) is 6.92 Å². The topological polar surface area (TPSA) is 40.8 Å². The Balaban J connectivity index is 1.96. The van der Waals surface area contributed by atoms with Crippen molar-refractivity contribution in [3.05, 3.63) is 90.1 Å². The molecule has 0 aliphatic carbocycles. The summed E-state index contributed by atoms with van der Waals surface area (Å²) in [6, 6.07) is 26.8. The van der Waals surface area contributed by atoms with Crippen molar-refractivity contribution in [3.63, 3.8) is 0 Å². The lowest BCUT2D eigenvalue weighted by Gasteiger charge is -2.06. The minimum Gasteiger partial charge on any atom is -0.454 e. The van der Waals surface area contributed by atoms with Crippen molar-refractivity contribution in [1.29, 1.82) is 5.26 Å². The highest BCUT2D eigenvalue weighted by atomic mass is 16.3. The van der Waals surface area contributed by atoms with Gasteiger partial charge in [0.05, 0.1) is 11.1 Å². The smallest absolute Gasteiger partial charge is 0.216 e. The van der Waals surface area contributed by atoms with E-state index < -0.39 is 0 Å². The summed E-state index contributed by atoms with van der Waals surface area (Å²) >= 11 is 0. The number of hydrogen-bond donors (Lipinski definition) is 0. The van der Waals surface area contributed by atoms with Gasteiger partial charge in [-0.2, -0.15) is 5.26 Å². The highest BCUT2D eigenvalue weighted by Crippen LogP contribution is 2.42. The van der Waals surface area contributed by atoms with Gasteiger partial charge in [-0.15, -0.1) is 0 Å². The number of nitrogens with zero attached hydrogens (tertiary/aromatic N) is 2. The van der Waals surface area contributed by atoms with E-state index in [2.05, 4.69) is 47.9 Å². The summed E-state index contributed by atoms with van der Waals surface area (Å²) in [4.78, 5) is 0. The summed E-state index contributed by atoms with van der Waals surface area (Å²) in [5, 5.41) is 11.7.